The lowest BCUT2D eigenvalue weighted by Crippen LogP contribution is -2.37. The number of unbranched alkanes of at least 4 members (excludes halogenated alkanes) is 25. The lowest BCUT2D eigenvalue weighted by Gasteiger charge is -2.28. The second-order valence-corrected chi connectivity index (χ2v) is 21.6. The van der Waals surface area contributed by atoms with Gasteiger partial charge in [-0.3, -0.25) is 14.2 Å². The Morgan fingerprint density at radius 3 is 1.62 bits per heavy atom. The summed E-state index contributed by atoms with van der Waals surface area (Å²) >= 11 is 0. The van der Waals surface area contributed by atoms with Crippen LogP contribution < -0.4 is 4.89 Å². The Morgan fingerprint density at radius 2 is 1.11 bits per heavy atom. The van der Waals surface area contributed by atoms with Crippen LogP contribution in [0.3, 0.4) is 0 Å². The van der Waals surface area contributed by atoms with E-state index in [-0.39, 0.29) is 37.9 Å². The molecule has 3 N–H and O–H groups in total. The molecule has 0 spiro atoms. The number of aliphatic hydroxyl groups is 3. The topological polar surface area (TPSA) is 172 Å². The lowest BCUT2D eigenvalue weighted by atomic mass is 9.88. The molecular formula is C52H100NO11P. The number of nitrogens with zero attached hydrogens (tertiary/aromatic N) is 1. The fourth-order valence-electron chi connectivity index (χ4n) is 8.69. The summed E-state index contributed by atoms with van der Waals surface area (Å²) in [4.78, 5) is 38.0. The second kappa shape index (κ2) is 39.5. The van der Waals surface area contributed by atoms with Gasteiger partial charge in [0.05, 0.1) is 46.1 Å². The molecule has 0 aromatic rings. The largest absolute Gasteiger partial charge is 0.756 e. The third kappa shape index (κ3) is 36.3. The van der Waals surface area contributed by atoms with Gasteiger partial charge >= 0.3 is 11.9 Å². The molecule has 12 nitrogen and oxygen atoms in total. The van der Waals surface area contributed by atoms with Gasteiger partial charge in [0.25, 0.3) is 7.82 Å². The summed E-state index contributed by atoms with van der Waals surface area (Å²) in [5.41, 5.74) is 0. The monoisotopic (exact) mass is 946 g/mol. The number of likely N-dealkylation sites (N-methyl/N-ethyl adjacent to an activating group) is 1. The van der Waals surface area contributed by atoms with Gasteiger partial charge in [0.2, 0.25) is 0 Å². The number of phosphoric ester groups is 1. The normalized spacial score (nSPS) is 19.7. The molecule has 1 rings (SSSR count). The molecule has 13 heteroatoms. The fourth-order valence-corrected chi connectivity index (χ4v) is 9.42. The molecule has 0 amide bonds. The van der Waals surface area contributed by atoms with E-state index in [2.05, 4.69) is 13.8 Å². The smallest absolute Gasteiger partial charge is 0.306 e. The predicted molar refractivity (Wildman–Crippen MR) is 261 cm³/mol. The Balaban J connectivity index is 2.34. The summed E-state index contributed by atoms with van der Waals surface area (Å²) < 4.78 is 34.1. The van der Waals surface area contributed by atoms with Crippen molar-refractivity contribution < 1.29 is 57.4 Å². The minimum absolute atomic E-state index is 0.0622. The summed E-state index contributed by atoms with van der Waals surface area (Å²) in [7, 11) is 1.06. The van der Waals surface area contributed by atoms with Crippen molar-refractivity contribution >= 4 is 19.8 Å². The Labute approximate surface area is 397 Å². The van der Waals surface area contributed by atoms with Gasteiger partial charge in [-0.25, -0.2) is 0 Å². The Bertz CT molecular complexity index is 1230. The molecule has 0 aromatic carbocycles. The zero-order valence-corrected chi connectivity index (χ0v) is 43.2. The SMILES string of the molecule is CCCCCCCCCCCCCCCCCCCCCCCC(=O)O[C@H](COC(=O)CCCCCC[C@@H]1[C@@H](/C=C/[C@@H](O)CCCCC)[C@H](O)C[C@@H]1O)COP(=O)([O-])OCC[N+](C)(C)C. The van der Waals surface area contributed by atoms with Gasteiger partial charge in [-0.2, -0.15) is 0 Å². The maximum Gasteiger partial charge on any atom is 0.306 e. The van der Waals surface area contributed by atoms with Crippen LogP contribution in [0.1, 0.15) is 226 Å². The van der Waals surface area contributed by atoms with Crippen LogP contribution in [0.15, 0.2) is 12.2 Å². The molecule has 1 fully saturated rings. The number of quaternary nitrogens is 1. The quantitative estimate of drug-likeness (QED) is 0.0174. The highest BCUT2D eigenvalue weighted by Crippen LogP contribution is 2.39. The average molecular weight is 946 g/mol. The van der Waals surface area contributed by atoms with Crippen LogP contribution in [0.5, 0.6) is 0 Å². The van der Waals surface area contributed by atoms with Crippen molar-refractivity contribution in [1.29, 1.82) is 0 Å². The molecule has 384 valence electrons. The molecular weight excluding hydrogens is 846 g/mol. The molecule has 1 aliphatic carbocycles. The second-order valence-electron chi connectivity index (χ2n) is 20.2. The highest BCUT2D eigenvalue weighted by molar-refractivity contribution is 7.45. The van der Waals surface area contributed by atoms with Crippen LogP contribution in [0.2, 0.25) is 0 Å². The van der Waals surface area contributed by atoms with E-state index in [1.807, 2.05) is 27.2 Å². The molecule has 0 heterocycles. The van der Waals surface area contributed by atoms with E-state index in [1.54, 1.807) is 6.08 Å². The maximum atomic E-state index is 12.8. The molecule has 1 aliphatic rings. The van der Waals surface area contributed by atoms with Crippen LogP contribution in [0, 0.1) is 11.8 Å². The van der Waals surface area contributed by atoms with E-state index in [0.29, 0.717) is 36.7 Å². The van der Waals surface area contributed by atoms with Crippen LogP contribution in [0.25, 0.3) is 0 Å². The summed E-state index contributed by atoms with van der Waals surface area (Å²) in [6.45, 7) is 3.94. The van der Waals surface area contributed by atoms with E-state index in [4.69, 9.17) is 18.5 Å². The molecule has 0 aliphatic heterocycles. The third-order valence-electron chi connectivity index (χ3n) is 12.9. The van der Waals surface area contributed by atoms with Crippen molar-refractivity contribution in [2.75, 3.05) is 47.5 Å². The summed E-state index contributed by atoms with van der Waals surface area (Å²) in [5.74, 6) is -1.24. The lowest BCUT2D eigenvalue weighted by molar-refractivity contribution is -0.870. The molecule has 1 saturated carbocycles. The van der Waals surface area contributed by atoms with Gasteiger partial charge in [0, 0.05) is 25.2 Å². The fraction of sp³-hybridized carbons (Fsp3) is 0.923. The molecule has 0 saturated heterocycles. The molecule has 1 unspecified atom stereocenters. The van der Waals surface area contributed by atoms with Crippen molar-refractivity contribution in [3.05, 3.63) is 12.2 Å². The number of hydrogen-bond donors (Lipinski definition) is 3. The maximum absolute atomic E-state index is 12.8. The van der Waals surface area contributed by atoms with Crippen molar-refractivity contribution in [2.24, 2.45) is 11.8 Å². The third-order valence-corrected chi connectivity index (χ3v) is 13.9. The number of carbonyl (C=O) groups excluding carboxylic acids is 2. The van der Waals surface area contributed by atoms with Gasteiger partial charge in [-0.1, -0.05) is 193 Å². The van der Waals surface area contributed by atoms with E-state index < -0.39 is 50.8 Å². The zero-order valence-electron chi connectivity index (χ0n) is 42.3. The molecule has 7 atom stereocenters. The zero-order chi connectivity index (χ0) is 48.0. The molecule has 0 radical (unpaired) electrons. The van der Waals surface area contributed by atoms with E-state index >= 15 is 0 Å². The van der Waals surface area contributed by atoms with E-state index in [9.17, 15) is 34.4 Å². The number of esters is 2. The Morgan fingerprint density at radius 1 is 0.646 bits per heavy atom. The van der Waals surface area contributed by atoms with E-state index in [0.717, 1.165) is 64.2 Å². The molecule has 0 aromatic heterocycles. The summed E-state index contributed by atoms with van der Waals surface area (Å²) in [6, 6.07) is 0. The first-order chi connectivity index (χ1) is 31.2. The Hall–Kier alpha value is -1.37. The number of aliphatic hydroxyl groups excluding tert-OH is 3. The highest BCUT2D eigenvalue weighted by Gasteiger charge is 2.39. The number of phosphoric acid groups is 1. The van der Waals surface area contributed by atoms with Crippen LogP contribution in [-0.2, 0) is 32.7 Å². The summed E-state index contributed by atoms with van der Waals surface area (Å²) in [5, 5.41) is 31.5. The van der Waals surface area contributed by atoms with Gasteiger partial charge in [0.1, 0.15) is 19.8 Å². The van der Waals surface area contributed by atoms with Crippen molar-refractivity contribution in [3.63, 3.8) is 0 Å². The first-order valence-corrected chi connectivity index (χ1v) is 28.1. The number of rotatable bonds is 45. The van der Waals surface area contributed by atoms with Gasteiger partial charge in [-0.15, -0.1) is 0 Å². The number of carbonyl (C=O) groups is 2. The first kappa shape index (κ1) is 61.6. The average Bonchev–Trinajstić information content (AvgIpc) is 3.52. The van der Waals surface area contributed by atoms with Crippen molar-refractivity contribution in [1.82, 2.24) is 0 Å². The van der Waals surface area contributed by atoms with E-state index in [1.165, 1.54) is 109 Å². The Kier molecular flexibility index (Phi) is 37.4. The van der Waals surface area contributed by atoms with Crippen molar-refractivity contribution in [2.45, 2.75) is 250 Å². The number of hydrogen-bond acceptors (Lipinski definition) is 11. The van der Waals surface area contributed by atoms with Crippen LogP contribution in [0.4, 0.5) is 0 Å². The van der Waals surface area contributed by atoms with Crippen LogP contribution >= 0.6 is 7.82 Å². The highest BCUT2D eigenvalue weighted by atomic mass is 31.2. The van der Waals surface area contributed by atoms with Gasteiger partial charge < -0.3 is 43.2 Å². The standard InChI is InChI=1S/C52H100NO11P/c1-6-8-10-11-12-13-14-15-16-17-18-19-20-21-22-23-24-25-26-27-33-37-52(58)64-46(44-63-65(59,60)62-41-40-53(3,4)5)43-61-51(57)36-32-29-28-31-35-47-48(50(56)42-49(47)55)39-38-45(54)34-30-9-7-2/h38-39,45-50,54-56H,6-37,40-44H2,1-5H3/b39-38+/t45-,46+,47+,48+,49-,50+/m0/s1. The van der Waals surface area contributed by atoms with Gasteiger partial charge in [-0.05, 0) is 31.6 Å². The van der Waals surface area contributed by atoms with Gasteiger partial charge in [0.15, 0.2) is 6.10 Å². The molecule has 0 bridgehead atoms. The first-order valence-electron chi connectivity index (χ1n) is 26.7. The molecule has 65 heavy (non-hydrogen) atoms. The predicted octanol–water partition coefficient (Wildman–Crippen LogP) is 11.4. The van der Waals surface area contributed by atoms with Crippen molar-refractivity contribution in [3.8, 4) is 0 Å². The minimum atomic E-state index is -4.68. The minimum Gasteiger partial charge on any atom is -0.756 e. The summed E-state index contributed by atoms with van der Waals surface area (Å²) in [6.07, 6.45) is 35.9. The van der Waals surface area contributed by atoms with Crippen LogP contribution in [-0.4, -0.2) is 104 Å². The number of ether oxygens (including phenoxy) is 2.